The number of halogens is 5. The van der Waals surface area contributed by atoms with E-state index >= 15 is 0 Å². The highest BCUT2D eigenvalue weighted by Gasteiger charge is 2.49. The molecule has 0 atom stereocenters. The summed E-state index contributed by atoms with van der Waals surface area (Å²) in [6, 6.07) is 9.03. The van der Waals surface area contributed by atoms with E-state index in [-0.39, 0.29) is 44.9 Å². The molecular weight excluding hydrogens is 457 g/mol. The maximum Gasteiger partial charge on any atom is 0.431 e. The predicted octanol–water partition coefficient (Wildman–Crippen LogP) is 4.45. The molecule has 34 heavy (non-hydrogen) atoms. The molecule has 0 saturated carbocycles. The molecule has 186 valence electrons. The summed E-state index contributed by atoms with van der Waals surface area (Å²) < 4.78 is 68.4. The van der Waals surface area contributed by atoms with Gasteiger partial charge in [0.2, 0.25) is 0 Å². The zero-order chi connectivity index (χ0) is 24.9. The van der Waals surface area contributed by atoms with Crippen LogP contribution in [0, 0.1) is 0 Å². The molecule has 5 nitrogen and oxygen atoms in total. The lowest BCUT2D eigenvalue weighted by Crippen LogP contribution is -2.59. The topological polar surface area (TPSA) is 48.7 Å². The summed E-state index contributed by atoms with van der Waals surface area (Å²) in [7, 11) is 0. The predicted molar refractivity (Wildman–Crippen MR) is 116 cm³/mol. The first-order valence-corrected chi connectivity index (χ1v) is 11.3. The van der Waals surface area contributed by atoms with Crippen molar-refractivity contribution >= 4 is 5.91 Å². The number of hydrogen-bond donors (Lipinski definition) is 1. The summed E-state index contributed by atoms with van der Waals surface area (Å²) in [4.78, 5) is 16.2. The fourth-order valence-electron chi connectivity index (χ4n) is 5.25. The number of hydrogen-bond acceptors (Lipinski definition) is 3. The molecule has 1 aromatic carbocycles. The number of alkyl halides is 5. The maximum absolute atomic E-state index is 13.5. The van der Waals surface area contributed by atoms with Gasteiger partial charge in [0.25, 0.3) is 12.3 Å². The van der Waals surface area contributed by atoms with Gasteiger partial charge in [-0.05, 0) is 56.5 Å². The van der Waals surface area contributed by atoms with Crippen LogP contribution >= 0.6 is 0 Å². The SMILES string of the molecule is CC(C)(O)c1ccc(C(=O)N2CCC3(CC2)c2ccc(C(F)(F)F)n2CCN3CC(F)F)cc1. The van der Waals surface area contributed by atoms with E-state index in [1.165, 1.54) is 10.6 Å². The van der Waals surface area contributed by atoms with Crippen LogP contribution in [0.15, 0.2) is 36.4 Å². The minimum absolute atomic E-state index is 0.0121. The number of rotatable bonds is 4. The van der Waals surface area contributed by atoms with Crippen molar-refractivity contribution in [3.63, 3.8) is 0 Å². The number of carbonyl (C=O) groups excluding carboxylic acids is 1. The third-order valence-electron chi connectivity index (χ3n) is 7.02. The lowest BCUT2D eigenvalue weighted by Gasteiger charge is -2.52. The molecule has 1 aromatic heterocycles. The number of aliphatic hydroxyl groups is 1. The molecule has 0 bridgehead atoms. The fourth-order valence-corrected chi connectivity index (χ4v) is 5.25. The van der Waals surface area contributed by atoms with Gasteiger partial charge in [0.15, 0.2) is 0 Å². The molecule has 1 spiro atoms. The van der Waals surface area contributed by atoms with E-state index in [2.05, 4.69) is 0 Å². The van der Waals surface area contributed by atoms with E-state index in [1.807, 2.05) is 0 Å². The average molecular weight is 485 g/mol. The van der Waals surface area contributed by atoms with Gasteiger partial charge in [-0.2, -0.15) is 13.2 Å². The number of nitrogens with zero attached hydrogens (tertiary/aromatic N) is 3. The quantitative estimate of drug-likeness (QED) is 0.652. The highest BCUT2D eigenvalue weighted by Crippen LogP contribution is 2.45. The van der Waals surface area contributed by atoms with Gasteiger partial charge in [-0.1, -0.05) is 12.1 Å². The summed E-state index contributed by atoms with van der Waals surface area (Å²) in [6.45, 7) is 3.30. The van der Waals surface area contributed by atoms with Crippen LogP contribution < -0.4 is 0 Å². The average Bonchev–Trinajstić information content (AvgIpc) is 3.21. The molecule has 1 amide bonds. The van der Waals surface area contributed by atoms with Gasteiger partial charge in [-0.3, -0.25) is 9.69 Å². The van der Waals surface area contributed by atoms with Gasteiger partial charge in [-0.25, -0.2) is 8.78 Å². The van der Waals surface area contributed by atoms with Gasteiger partial charge in [0.1, 0.15) is 5.69 Å². The molecule has 2 aliphatic heterocycles. The second kappa shape index (κ2) is 8.64. The summed E-state index contributed by atoms with van der Waals surface area (Å²) >= 11 is 0. The van der Waals surface area contributed by atoms with Crippen LogP contribution in [0.5, 0.6) is 0 Å². The molecule has 1 saturated heterocycles. The van der Waals surface area contributed by atoms with E-state index in [9.17, 15) is 31.9 Å². The number of aromatic nitrogens is 1. The van der Waals surface area contributed by atoms with Gasteiger partial charge in [0.05, 0.1) is 17.7 Å². The zero-order valence-electron chi connectivity index (χ0n) is 19.1. The Morgan fingerprint density at radius 1 is 1.00 bits per heavy atom. The number of likely N-dealkylation sites (tertiary alicyclic amines) is 1. The van der Waals surface area contributed by atoms with Crippen molar-refractivity contribution < 1.29 is 31.9 Å². The molecule has 0 radical (unpaired) electrons. The van der Waals surface area contributed by atoms with Crippen LogP contribution in [-0.2, 0) is 23.9 Å². The van der Waals surface area contributed by atoms with E-state index in [1.54, 1.807) is 47.9 Å². The molecule has 1 fully saturated rings. The molecule has 4 rings (SSSR count). The van der Waals surface area contributed by atoms with Crippen molar-refractivity contribution in [3.8, 4) is 0 Å². The second-order valence-electron chi connectivity index (χ2n) is 9.55. The first kappa shape index (κ1) is 24.7. The number of amides is 1. The molecule has 2 aliphatic rings. The molecular formula is C24H28F5N3O2. The largest absolute Gasteiger partial charge is 0.431 e. The van der Waals surface area contributed by atoms with Gasteiger partial charge in [0, 0.05) is 37.4 Å². The van der Waals surface area contributed by atoms with E-state index in [0.29, 0.717) is 16.8 Å². The summed E-state index contributed by atoms with van der Waals surface area (Å²) in [5.41, 5.74) is -1.33. The Labute approximate surface area is 194 Å². The fraction of sp³-hybridized carbons (Fsp3) is 0.542. The van der Waals surface area contributed by atoms with Crippen LogP contribution in [0.3, 0.4) is 0 Å². The van der Waals surface area contributed by atoms with Crippen molar-refractivity contribution in [1.29, 1.82) is 0 Å². The van der Waals surface area contributed by atoms with Crippen molar-refractivity contribution in [2.24, 2.45) is 0 Å². The number of benzene rings is 1. The lowest BCUT2D eigenvalue weighted by atomic mass is 9.81. The highest BCUT2D eigenvalue weighted by molar-refractivity contribution is 5.94. The Morgan fingerprint density at radius 3 is 2.15 bits per heavy atom. The van der Waals surface area contributed by atoms with Crippen LogP contribution in [-0.4, -0.2) is 58.0 Å². The number of piperidine rings is 1. The standard InChI is InChI=1S/C24H28F5N3O2/c1-22(2,34)17-5-3-16(4-6-17)21(33)30-11-9-23(10-12-30)18-7-8-19(24(27,28)29)32(18)14-13-31(23)15-20(25)26/h3-8,20,34H,9-15H2,1-2H3. The highest BCUT2D eigenvalue weighted by atomic mass is 19.4. The maximum atomic E-state index is 13.5. The Kier molecular flexibility index (Phi) is 6.27. The first-order chi connectivity index (χ1) is 15.8. The van der Waals surface area contributed by atoms with Crippen molar-refractivity contribution in [2.45, 2.75) is 57.0 Å². The normalized spacial score (nSPS) is 19.0. The number of fused-ring (bicyclic) bond motifs is 2. The van der Waals surface area contributed by atoms with Crippen LogP contribution in [0.4, 0.5) is 22.0 Å². The molecule has 0 unspecified atom stereocenters. The Bertz CT molecular complexity index is 1030. The third kappa shape index (κ3) is 4.45. The lowest BCUT2D eigenvalue weighted by molar-refractivity contribution is -0.145. The smallest absolute Gasteiger partial charge is 0.386 e. The monoisotopic (exact) mass is 485 g/mol. The second-order valence-corrected chi connectivity index (χ2v) is 9.55. The molecule has 10 heteroatoms. The van der Waals surface area contributed by atoms with Crippen LogP contribution in [0.25, 0.3) is 0 Å². The molecule has 0 aliphatic carbocycles. The Balaban J connectivity index is 1.58. The Hall–Kier alpha value is -2.46. The third-order valence-corrected chi connectivity index (χ3v) is 7.02. The Morgan fingerprint density at radius 2 is 1.62 bits per heavy atom. The van der Waals surface area contributed by atoms with Crippen molar-refractivity contribution in [1.82, 2.24) is 14.4 Å². The van der Waals surface area contributed by atoms with Gasteiger partial charge < -0.3 is 14.6 Å². The van der Waals surface area contributed by atoms with E-state index < -0.39 is 36.0 Å². The molecule has 2 aromatic rings. The van der Waals surface area contributed by atoms with Gasteiger partial charge in [-0.15, -0.1) is 0 Å². The summed E-state index contributed by atoms with van der Waals surface area (Å²) in [5, 5.41) is 10.1. The van der Waals surface area contributed by atoms with Gasteiger partial charge >= 0.3 is 6.18 Å². The minimum atomic E-state index is -4.53. The number of carbonyl (C=O) groups is 1. The molecule has 3 heterocycles. The first-order valence-electron chi connectivity index (χ1n) is 11.3. The molecule has 1 N–H and O–H groups in total. The van der Waals surface area contributed by atoms with Crippen molar-refractivity contribution in [3.05, 3.63) is 58.9 Å². The summed E-state index contributed by atoms with van der Waals surface area (Å²) in [6.07, 6.45) is -6.63. The van der Waals surface area contributed by atoms with Crippen LogP contribution in [0.1, 0.15) is 54.0 Å². The van der Waals surface area contributed by atoms with Crippen molar-refractivity contribution in [2.75, 3.05) is 26.2 Å². The van der Waals surface area contributed by atoms with E-state index in [0.717, 1.165) is 6.07 Å². The van der Waals surface area contributed by atoms with E-state index in [4.69, 9.17) is 0 Å². The zero-order valence-corrected chi connectivity index (χ0v) is 19.1. The minimum Gasteiger partial charge on any atom is -0.386 e. The summed E-state index contributed by atoms with van der Waals surface area (Å²) in [5.74, 6) is -0.236. The van der Waals surface area contributed by atoms with Crippen LogP contribution in [0.2, 0.25) is 0 Å².